The van der Waals surface area contributed by atoms with E-state index in [9.17, 15) is 14.4 Å². The molecule has 1 N–H and O–H groups in total. The van der Waals surface area contributed by atoms with Crippen LogP contribution in [0.15, 0.2) is 103 Å². The molecule has 10 nitrogen and oxygen atoms in total. The zero-order chi connectivity index (χ0) is 37.9. The molecule has 0 saturated heterocycles. The molecule has 1 saturated carbocycles. The fourth-order valence-corrected chi connectivity index (χ4v) is 6.18. The maximum Gasteiger partial charge on any atom is 0.338 e. The van der Waals surface area contributed by atoms with Crippen molar-refractivity contribution in [1.29, 1.82) is 0 Å². The number of carbonyl (C=O) groups excluding carboxylic acids is 3. The van der Waals surface area contributed by atoms with Gasteiger partial charge in [-0.05, 0) is 110 Å². The average Bonchev–Trinajstić information content (AvgIpc) is 3.19. The number of ether oxygens (including phenoxy) is 4. The molecule has 0 atom stereocenters. The molecule has 6 rings (SSSR count). The van der Waals surface area contributed by atoms with Crippen LogP contribution in [0, 0.1) is 0 Å². The summed E-state index contributed by atoms with van der Waals surface area (Å²) in [6, 6.07) is 30.6. The van der Waals surface area contributed by atoms with Crippen LogP contribution in [0.1, 0.15) is 94.9 Å². The number of benzene rings is 4. The predicted molar refractivity (Wildman–Crippen MR) is 207 cm³/mol. The number of esters is 2. The molecule has 5 aromatic rings. The van der Waals surface area contributed by atoms with Crippen LogP contribution in [0.5, 0.6) is 11.5 Å². The highest BCUT2D eigenvalue weighted by Crippen LogP contribution is 2.44. The van der Waals surface area contributed by atoms with E-state index in [1.54, 1.807) is 66.7 Å². The number of rotatable bonds is 16. The number of aromatic nitrogens is 2. The summed E-state index contributed by atoms with van der Waals surface area (Å²) < 4.78 is 22.3. The minimum Gasteiger partial charge on any atom is -0.494 e. The van der Waals surface area contributed by atoms with Gasteiger partial charge in [0.05, 0.1) is 48.5 Å². The standard InChI is InChI=1S/C44H45N3O7/c1-4-6-23-52-34-19-15-29(16-20-34)42(48)45-39-14-9-8-13-37(39)41-38(28-40(46-47-41)31-11-10-12-32(25-31)43(49)51-3)33-26-36(27-33)54-44(50)30-17-21-35(22-18-30)53-24-7-5-2/h8-22,25,28,33,36H,4-7,23-24,26-27H2,1-3H3,(H,45,48). The largest absolute Gasteiger partial charge is 0.494 e. The Kier molecular flexibility index (Phi) is 12.7. The first-order chi connectivity index (χ1) is 26.4. The highest BCUT2D eigenvalue weighted by molar-refractivity contribution is 6.06. The molecule has 1 amide bonds. The lowest BCUT2D eigenvalue weighted by Gasteiger charge is -2.36. The summed E-state index contributed by atoms with van der Waals surface area (Å²) in [5, 5.41) is 12.4. The Morgan fingerprint density at radius 3 is 2.00 bits per heavy atom. The molecular weight excluding hydrogens is 682 g/mol. The number of amides is 1. The van der Waals surface area contributed by atoms with E-state index < -0.39 is 5.97 Å². The Hall–Kier alpha value is -6.03. The minimum atomic E-state index is -0.452. The number of anilines is 1. The third-order valence-electron chi connectivity index (χ3n) is 9.38. The molecule has 278 valence electrons. The Balaban J connectivity index is 1.24. The molecule has 4 aromatic carbocycles. The number of carbonyl (C=O) groups is 3. The molecule has 10 heteroatoms. The van der Waals surface area contributed by atoms with Crippen molar-refractivity contribution in [2.45, 2.75) is 64.4 Å². The van der Waals surface area contributed by atoms with Crippen LogP contribution in [-0.4, -0.2) is 54.5 Å². The monoisotopic (exact) mass is 727 g/mol. The molecule has 0 radical (unpaired) electrons. The quantitative estimate of drug-likeness (QED) is 0.0782. The van der Waals surface area contributed by atoms with E-state index in [1.165, 1.54) is 7.11 Å². The lowest BCUT2D eigenvalue weighted by Crippen LogP contribution is -2.32. The second-order valence-corrected chi connectivity index (χ2v) is 13.3. The van der Waals surface area contributed by atoms with Crippen LogP contribution in [0.25, 0.3) is 22.5 Å². The summed E-state index contributed by atoms with van der Waals surface area (Å²) in [6.07, 6.45) is 4.86. The van der Waals surface area contributed by atoms with Gasteiger partial charge in [-0.15, -0.1) is 10.2 Å². The summed E-state index contributed by atoms with van der Waals surface area (Å²) in [5.74, 6) is 0.301. The van der Waals surface area contributed by atoms with Crippen molar-refractivity contribution in [2.75, 3.05) is 25.6 Å². The van der Waals surface area contributed by atoms with Gasteiger partial charge < -0.3 is 24.3 Å². The number of nitrogens with zero attached hydrogens (tertiary/aromatic N) is 2. The fraction of sp³-hybridized carbons (Fsp3) is 0.295. The van der Waals surface area contributed by atoms with Crippen molar-refractivity contribution >= 4 is 23.5 Å². The maximum atomic E-state index is 13.5. The SMILES string of the molecule is CCCCOc1ccc(C(=O)Nc2ccccc2-c2nnc(-c3cccc(C(=O)OC)c3)cc2C2CC(OC(=O)c3ccc(OCCCC)cc3)C2)cc1. The smallest absolute Gasteiger partial charge is 0.338 e. The first-order valence-corrected chi connectivity index (χ1v) is 18.5. The van der Waals surface area contributed by atoms with Crippen molar-refractivity contribution in [2.24, 2.45) is 0 Å². The molecule has 1 heterocycles. The van der Waals surface area contributed by atoms with Crippen molar-refractivity contribution in [3.8, 4) is 34.0 Å². The van der Waals surface area contributed by atoms with Gasteiger partial charge in [-0.2, -0.15) is 0 Å². The summed E-state index contributed by atoms with van der Waals surface area (Å²) >= 11 is 0. The van der Waals surface area contributed by atoms with Crippen molar-refractivity contribution in [3.05, 3.63) is 125 Å². The van der Waals surface area contributed by atoms with E-state index in [0.29, 0.717) is 76.7 Å². The Labute approximate surface area is 315 Å². The summed E-state index contributed by atoms with van der Waals surface area (Å²) in [4.78, 5) is 38.9. The number of nitrogens with one attached hydrogen (secondary N) is 1. The fourth-order valence-electron chi connectivity index (χ4n) is 6.18. The summed E-state index contributed by atoms with van der Waals surface area (Å²) in [5.41, 5.74) is 5.38. The van der Waals surface area contributed by atoms with Gasteiger partial charge in [0.15, 0.2) is 0 Å². The number of para-hydroxylation sites is 1. The van der Waals surface area contributed by atoms with E-state index in [-0.39, 0.29) is 23.9 Å². The third kappa shape index (κ3) is 9.30. The molecule has 0 aliphatic heterocycles. The molecule has 54 heavy (non-hydrogen) atoms. The Morgan fingerprint density at radius 1 is 0.704 bits per heavy atom. The Bertz CT molecular complexity index is 2060. The summed E-state index contributed by atoms with van der Waals surface area (Å²) in [6.45, 7) is 5.47. The van der Waals surface area contributed by atoms with E-state index >= 15 is 0 Å². The Morgan fingerprint density at radius 2 is 1.35 bits per heavy atom. The second-order valence-electron chi connectivity index (χ2n) is 13.3. The van der Waals surface area contributed by atoms with Crippen LogP contribution < -0.4 is 14.8 Å². The van der Waals surface area contributed by atoms with Crippen molar-refractivity contribution in [1.82, 2.24) is 10.2 Å². The van der Waals surface area contributed by atoms with Crippen LogP contribution >= 0.6 is 0 Å². The molecule has 1 aliphatic carbocycles. The number of unbranched alkanes of at least 4 members (excludes halogenated alkanes) is 2. The molecule has 1 aliphatic rings. The third-order valence-corrected chi connectivity index (χ3v) is 9.38. The topological polar surface area (TPSA) is 126 Å². The molecule has 0 unspecified atom stereocenters. The van der Waals surface area contributed by atoms with Crippen LogP contribution in [0.4, 0.5) is 5.69 Å². The van der Waals surface area contributed by atoms with Crippen molar-refractivity contribution < 1.29 is 33.3 Å². The molecular formula is C44H45N3O7. The van der Waals surface area contributed by atoms with E-state index in [1.807, 2.05) is 36.4 Å². The van der Waals surface area contributed by atoms with Gasteiger partial charge in [0.25, 0.3) is 5.91 Å². The predicted octanol–water partition coefficient (Wildman–Crippen LogP) is 9.31. The zero-order valence-electron chi connectivity index (χ0n) is 30.9. The van der Waals surface area contributed by atoms with E-state index in [0.717, 1.165) is 37.0 Å². The van der Waals surface area contributed by atoms with Gasteiger partial charge in [-0.1, -0.05) is 57.0 Å². The van der Waals surface area contributed by atoms with E-state index in [4.69, 9.17) is 24.0 Å². The van der Waals surface area contributed by atoms with Gasteiger partial charge in [-0.25, -0.2) is 9.59 Å². The van der Waals surface area contributed by atoms with Crippen LogP contribution in [-0.2, 0) is 9.47 Å². The van der Waals surface area contributed by atoms with E-state index in [2.05, 4.69) is 24.3 Å². The number of hydrogen-bond donors (Lipinski definition) is 1. The maximum absolute atomic E-state index is 13.5. The van der Waals surface area contributed by atoms with Gasteiger partial charge in [0.1, 0.15) is 17.6 Å². The highest BCUT2D eigenvalue weighted by atomic mass is 16.5. The average molecular weight is 728 g/mol. The zero-order valence-corrected chi connectivity index (χ0v) is 30.9. The number of methoxy groups -OCH3 is 1. The van der Waals surface area contributed by atoms with Gasteiger partial charge in [-0.3, -0.25) is 4.79 Å². The highest BCUT2D eigenvalue weighted by Gasteiger charge is 2.36. The molecule has 0 bridgehead atoms. The second kappa shape index (κ2) is 18.1. The molecule has 0 spiro atoms. The lowest BCUT2D eigenvalue weighted by atomic mass is 9.76. The first kappa shape index (κ1) is 37.7. The summed E-state index contributed by atoms with van der Waals surface area (Å²) in [7, 11) is 1.34. The van der Waals surface area contributed by atoms with Gasteiger partial charge in [0.2, 0.25) is 0 Å². The van der Waals surface area contributed by atoms with Crippen LogP contribution in [0.3, 0.4) is 0 Å². The minimum absolute atomic E-state index is 0.0193. The van der Waals surface area contributed by atoms with Gasteiger partial charge >= 0.3 is 11.9 Å². The number of hydrogen-bond acceptors (Lipinski definition) is 9. The van der Waals surface area contributed by atoms with Gasteiger partial charge in [0, 0.05) is 16.7 Å². The molecule has 1 fully saturated rings. The van der Waals surface area contributed by atoms with Crippen molar-refractivity contribution in [3.63, 3.8) is 0 Å². The first-order valence-electron chi connectivity index (χ1n) is 18.5. The lowest BCUT2D eigenvalue weighted by molar-refractivity contribution is 0.00210. The molecule has 1 aromatic heterocycles. The normalized spacial score (nSPS) is 14.7. The van der Waals surface area contributed by atoms with Crippen LogP contribution in [0.2, 0.25) is 0 Å².